The van der Waals surface area contributed by atoms with E-state index >= 15 is 0 Å². The van der Waals surface area contributed by atoms with Crippen molar-refractivity contribution in [1.82, 2.24) is 0 Å². The lowest BCUT2D eigenvalue weighted by Gasteiger charge is -2.14. The molecule has 0 radical (unpaired) electrons. The Morgan fingerprint density at radius 1 is 1.40 bits per heavy atom. The summed E-state index contributed by atoms with van der Waals surface area (Å²) in [5.74, 6) is -2.22. The SMILES string of the molecule is CCC(=CCN1C(=O)C(=O)c2c(Br)cccc21)C(=O)O. The van der Waals surface area contributed by atoms with E-state index in [1.807, 2.05) is 0 Å². The van der Waals surface area contributed by atoms with Gasteiger partial charge in [0.25, 0.3) is 11.7 Å². The van der Waals surface area contributed by atoms with Crippen LogP contribution in [0.3, 0.4) is 0 Å². The largest absolute Gasteiger partial charge is 0.478 e. The molecule has 20 heavy (non-hydrogen) atoms. The number of aliphatic carboxylic acids is 1. The van der Waals surface area contributed by atoms with Crippen LogP contribution in [-0.4, -0.2) is 29.3 Å². The van der Waals surface area contributed by atoms with Gasteiger partial charge >= 0.3 is 5.97 Å². The Kier molecular flexibility index (Phi) is 4.04. The van der Waals surface area contributed by atoms with Crippen LogP contribution in [0.5, 0.6) is 0 Å². The molecule has 1 aliphatic rings. The number of anilines is 1. The lowest BCUT2D eigenvalue weighted by molar-refractivity contribution is -0.132. The van der Waals surface area contributed by atoms with Crippen molar-refractivity contribution in [2.75, 3.05) is 11.4 Å². The van der Waals surface area contributed by atoms with E-state index in [0.29, 0.717) is 22.1 Å². The Labute approximate surface area is 124 Å². The predicted molar refractivity (Wildman–Crippen MR) is 76.8 cm³/mol. The molecule has 1 aromatic carbocycles. The standard InChI is InChI=1S/C14H12BrNO4/c1-2-8(14(19)20)6-7-16-10-5-3-4-9(15)11(10)12(17)13(16)18/h3-6H,2,7H2,1H3,(H,19,20). The van der Waals surface area contributed by atoms with Gasteiger partial charge in [-0.15, -0.1) is 0 Å². The van der Waals surface area contributed by atoms with E-state index in [4.69, 9.17) is 5.11 Å². The number of rotatable bonds is 4. The third-order valence-corrected chi connectivity index (χ3v) is 3.79. The molecule has 5 nitrogen and oxygen atoms in total. The van der Waals surface area contributed by atoms with Gasteiger partial charge in [-0.2, -0.15) is 0 Å². The Morgan fingerprint density at radius 2 is 2.10 bits per heavy atom. The second-order valence-electron chi connectivity index (χ2n) is 4.27. The van der Waals surface area contributed by atoms with Gasteiger partial charge in [-0.05, 0) is 34.5 Å². The summed E-state index contributed by atoms with van der Waals surface area (Å²) >= 11 is 3.25. The minimum atomic E-state index is -1.01. The van der Waals surface area contributed by atoms with Crippen molar-refractivity contribution in [3.05, 3.63) is 39.9 Å². The zero-order valence-electron chi connectivity index (χ0n) is 10.7. The summed E-state index contributed by atoms with van der Waals surface area (Å²) < 4.78 is 0.564. The summed E-state index contributed by atoms with van der Waals surface area (Å²) in [5, 5.41) is 8.96. The average molecular weight is 338 g/mol. The van der Waals surface area contributed by atoms with Gasteiger partial charge in [0, 0.05) is 16.6 Å². The fourth-order valence-electron chi connectivity index (χ4n) is 2.07. The molecule has 1 N–H and O–H groups in total. The average Bonchev–Trinajstić information content (AvgIpc) is 2.65. The van der Waals surface area contributed by atoms with Crippen molar-refractivity contribution in [2.45, 2.75) is 13.3 Å². The smallest absolute Gasteiger partial charge is 0.331 e. The molecule has 0 bridgehead atoms. The van der Waals surface area contributed by atoms with Crippen LogP contribution in [0.2, 0.25) is 0 Å². The number of carbonyl (C=O) groups excluding carboxylic acids is 2. The molecule has 1 aromatic rings. The molecule has 0 saturated carbocycles. The zero-order valence-corrected chi connectivity index (χ0v) is 12.3. The van der Waals surface area contributed by atoms with Gasteiger partial charge in [0.05, 0.1) is 11.3 Å². The molecule has 1 heterocycles. The fraction of sp³-hybridized carbons (Fsp3) is 0.214. The maximum absolute atomic E-state index is 12.0. The van der Waals surface area contributed by atoms with Crippen LogP contribution >= 0.6 is 15.9 Å². The van der Waals surface area contributed by atoms with Crippen LogP contribution in [0.1, 0.15) is 23.7 Å². The third-order valence-electron chi connectivity index (χ3n) is 3.12. The number of carbonyl (C=O) groups is 3. The number of ketones is 1. The number of halogens is 1. The Hall–Kier alpha value is -1.95. The first kappa shape index (κ1) is 14.5. The highest BCUT2D eigenvalue weighted by Gasteiger charge is 2.36. The van der Waals surface area contributed by atoms with Crippen molar-refractivity contribution < 1.29 is 19.5 Å². The van der Waals surface area contributed by atoms with Gasteiger partial charge in [-0.3, -0.25) is 9.59 Å². The van der Waals surface area contributed by atoms with E-state index in [9.17, 15) is 14.4 Å². The number of Topliss-reactive ketones (excluding diaryl/α,β-unsaturated/α-hetero) is 1. The van der Waals surface area contributed by atoms with Crippen LogP contribution in [0, 0.1) is 0 Å². The number of hydrogen-bond acceptors (Lipinski definition) is 3. The van der Waals surface area contributed by atoms with Crippen LogP contribution in [0.4, 0.5) is 5.69 Å². The highest BCUT2D eigenvalue weighted by molar-refractivity contribution is 9.10. The quantitative estimate of drug-likeness (QED) is 0.676. The molecule has 1 aliphatic heterocycles. The number of hydrogen-bond donors (Lipinski definition) is 1. The number of fused-ring (bicyclic) bond motifs is 1. The summed E-state index contributed by atoms with van der Waals surface area (Å²) in [6.07, 6.45) is 1.82. The molecule has 0 spiro atoms. The second kappa shape index (κ2) is 5.58. The van der Waals surface area contributed by atoms with Gasteiger partial charge in [0.2, 0.25) is 0 Å². The van der Waals surface area contributed by atoms with E-state index in [1.165, 1.54) is 11.0 Å². The molecule has 0 aromatic heterocycles. The normalized spacial score (nSPS) is 14.7. The Balaban J connectivity index is 2.36. The summed E-state index contributed by atoms with van der Waals surface area (Å²) in [6, 6.07) is 5.09. The molecule has 0 saturated heterocycles. The Bertz CT molecular complexity index is 636. The van der Waals surface area contributed by atoms with Crippen LogP contribution in [0.15, 0.2) is 34.3 Å². The first-order valence-electron chi connectivity index (χ1n) is 6.04. The van der Waals surface area contributed by atoms with Crippen LogP contribution < -0.4 is 4.90 Å². The molecule has 0 unspecified atom stereocenters. The van der Waals surface area contributed by atoms with E-state index in [2.05, 4.69) is 15.9 Å². The molecule has 0 aliphatic carbocycles. The zero-order chi connectivity index (χ0) is 14.9. The number of carboxylic acids is 1. The van der Waals surface area contributed by atoms with E-state index in [0.717, 1.165) is 0 Å². The van der Waals surface area contributed by atoms with Crippen molar-refractivity contribution in [1.29, 1.82) is 0 Å². The minimum Gasteiger partial charge on any atom is -0.478 e. The second-order valence-corrected chi connectivity index (χ2v) is 5.12. The Morgan fingerprint density at radius 3 is 2.70 bits per heavy atom. The molecular formula is C14H12BrNO4. The van der Waals surface area contributed by atoms with E-state index in [1.54, 1.807) is 25.1 Å². The minimum absolute atomic E-state index is 0.0729. The summed E-state index contributed by atoms with van der Waals surface area (Å²) in [7, 11) is 0. The fourth-order valence-corrected chi connectivity index (χ4v) is 2.60. The topological polar surface area (TPSA) is 74.7 Å². The van der Waals surface area contributed by atoms with Gasteiger partial charge in [-0.1, -0.05) is 19.1 Å². The van der Waals surface area contributed by atoms with Gasteiger partial charge < -0.3 is 10.0 Å². The number of amides is 1. The van der Waals surface area contributed by atoms with Crippen LogP contribution in [0.25, 0.3) is 0 Å². The third kappa shape index (κ3) is 2.38. The van der Waals surface area contributed by atoms with Crippen molar-refractivity contribution in [3.8, 4) is 0 Å². The van der Waals surface area contributed by atoms with Crippen LogP contribution in [-0.2, 0) is 9.59 Å². The summed E-state index contributed by atoms with van der Waals surface area (Å²) in [6.45, 7) is 1.80. The molecule has 0 atom stereocenters. The molecule has 104 valence electrons. The lowest BCUT2D eigenvalue weighted by Crippen LogP contribution is -2.30. The van der Waals surface area contributed by atoms with Crippen molar-refractivity contribution in [2.24, 2.45) is 0 Å². The highest BCUT2D eigenvalue weighted by Crippen LogP contribution is 2.34. The highest BCUT2D eigenvalue weighted by atomic mass is 79.9. The monoisotopic (exact) mass is 337 g/mol. The van der Waals surface area contributed by atoms with Gasteiger partial charge in [0.15, 0.2) is 0 Å². The molecule has 1 amide bonds. The maximum Gasteiger partial charge on any atom is 0.331 e. The molecule has 6 heteroatoms. The van der Waals surface area contributed by atoms with Crippen molar-refractivity contribution in [3.63, 3.8) is 0 Å². The predicted octanol–water partition coefficient (Wildman–Crippen LogP) is 2.40. The van der Waals surface area contributed by atoms with Gasteiger partial charge in [-0.25, -0.2) is 4.79 Å². The van der Waals surface area contributed by atoms with E-state index < -0.39 is 17.7 Å². The van der Waals surface area contributed by atoms with Crippen molar-refractivity contribution >= 4 is 39.3 Å². The van der Waals surface area contributed by atoms with Gasteiger partial charge in [0.1, 0.15) is 0 Å². The number of nitrogens with zero attached hydrogens (tertiary/aromatic N) is 1. The van der Waals surface area contributed by atoms with E-state index in [-0.39, 0.29) is 12.1 Å². The maximum atomic E-state index is 12.0. The summed E-state index contributed by atoms with van der Waals surface area (Å²) in [4.78, 5) is 36.1. The first-order valence-corrected chi connectivity index (χ1v) is 6.83. The lowest BCUT2D eigenvalue weighted by atomic mass is 10.1. The molecule has 0 fully saturated rings. The first-order chi connectivity index (χ1) is 9.47. The number of carboxylic acid groups (broad SMARTS) is 1. The molecule has 2 rings (SSSR count). The number of benzene rings is 1. The summed E-state index contributed by atoms with van der Waals surface area (Å²) in [5.41, 5.74) is 1.06. The molecular weight excluding hydrogens is 326 g/mol.